The van der Waals surface area contributed by atoms with E-state index in [4.69, 9.17) is 4.74 Å². The number of halogens is 2. The first kappa shape index (κ1) is 16.2. The molecule has 1 amide bonds. The van der Waals surface area contributed by atoms with E-state index < -0.39 is 18.4 Å². The fourth-order valence-corrected chi connectivity index (χ4v) is 2.18. The average Bonchev–Trinajstić information content (AvgIpc) is 2.17. The number of carbonyl (C=O) groups excluding carboxylic acids is 1. The van der Waals surface area contributed by atoms with Crippen LogP contribution in [-0.2, 0) is 4.74 Å². The lowest BCUT2D eigenvalue weighted by molar-refractivity contribution is -0.0109. The number of ether oxygens (including phenoxy) is 1. The highest BCUT2D eigenvalue weighted by Crippen LogP contribution is 2.22. The van der Waals surface area contributed by atoms with Crippen LogP contribution in [0.5, 0.6) is 0 Å². The van der Waals surface area contributed by atoms with Gasteiger partial charge >= 0.3 is 13.4 Å². The molecule has 1 aliphatic heterocycles. The van der Waals surface area contributed by atoms with Crippen LogP contribution in [0.15, 0.2) is 0 Å². The minimum absolute atomic E-state index is 0.255. The molecule has 0 atom stereocenters. The van der Waals surface area contributed by atoms with E-state index in [1.807, 2.05) is 34.6 Å². The summed E-state index contributed by atoms with van der Waals surface area (Å²) in [5, 5.41) is 0. The van der Waals surface area contributed by atoms with Crippen LogP contribution < -0.4 is 0 Å². The molecule has 1 fully saturated rings. The third kappa shape index (κ3) is 4.97. The lowest BCUT2D eigenvalue weighted by Gasteiger charge is -2.46. The van der Waals surface area contributed by atoms with Gasteiger partial charge < -0.3 is 9.64 Å². The van der Waals surface area contributed by atoms with Gasteiger partial charge in [-0.05, 0) is 34.6 Å². The van der Waals surface area contributed by atoms with E-state index in [1.165, 1.54) is 0 Å². The molecule has 0 aromatic rings. The highest BCUT2D eigenvalue weighted by Gasteiger charge is 2.38. The van der Waals surface area contributed by atoms with Crippen molar-refractivity contribution < 1.29 is 18.2 Å². The lowest BCUT2D eigenvalue weighted by Crippen LogP contribution is -2.62. The standard InChI is InChI=1S/C12H23BF2N2O2/c1-11(2,3)19-10(18)16-6-7-17(9-13(14)15)12(4,5)8-16/h6-9H2,1-5H3. The zero-order valence-corrected chi connectivity index (χ0v) is 12.4. The van der Waals surface area contributed by atoms with E-state index in [0.717, 1.165) is 0 Å². The van der Waals surface area contributed by atoms with Gasteiger partial charge in [0.25, 0.3) is 0 Å². The van der Waals surface area contributed by atoms with Crippen LogP contribution in [0.4, 0.5) is 13.4 Å². The summed E-state index contributed by atoms with van der Waals surface area (Å²) in [5.41, 5.74) is -1.01. The van der Waals surface area contributed by atoms with Crippen LogP contribution in [0.25, 0.3) is 0 Å². The van der Waals surface area contributed by atoms with Crippen LogP contribution in [0.1, 0.15) is 34.6 Å². The second-order valence-electron chi connectivity index (χ2n) is 6.55. The molecule has 0 aromatic carbocycles. The molecule has 0 unspecified atom stereocenters. The Morgan fingerprint density at radius 1 is 1.32 bits per heavy atom. The van der Waals surface area contributed by atoms with Gasteiger partial charge in [0.15, 0.2) is 0 Å². The largest absolute Gasteiger partial charge is 0.551 e. The van der Waals surface area contributed by atoms with Gasteiger partial charge in [0.2, 0.25) is 0 Å². The van der Waals surface area contributed by atoms with Crippen molar-refractivity contribution >= 4 is 13.4 Å². The molecule has 0 radical (unpaired) electrons. The van der Waals surface area contributed by atoms with Gasteiger partial charge in [0.1, 0.15) is 5.60 Å². The smallest absolute Gasteiger partial charge is 0.444 e. The lowest BCUT2D eigenvalue weighted by atomic mass is 9.91. The van der Waals surface area contributed by atoms with Crippen molar-refractivity contribution in [2.45, 2.75) is 45.8 Å². The Bertz CT molecular complexity index is 332. The summed E-state index contributed by atoms with van der Waals surface area (Å²) in [4.78, 5) is 15.3. The van der Waals surface area contributed by atoms with Gasteiger partial charge in [-0.2, -0.15) is 0 Å². The monoisotopic (exact) mass is 276 g/mol. The number of hydrogen-bond donors (Lipinski definition) is 0. The number of hydrogen-bond acceptors (Lipinski definition) is 3. The van der Waals surface area contributed by atoms with Crippen LogP contribution in [0.3, 0.4) is 0 Å². The maximum atomic E-state index is 12.5. The highest BCUT2D eigenvalue weighted by atomic mass is 19.2. The first-order valence-corrected chi connectivity index (χ1v) is 6.52. The van der Waals surface area contributed by atoms with Gasteiger partial charge in [0.05, 0.1) is 0 Å². The predicted molar refractivity (Wildman–Crippen MR) is 71.4 cm³/mol. The summed E-state index contributed by atoms with van der Waals surface area (Å²) in [6.45, 7) is 10.4. The highest BCUT2D eigenvalue weighted by molar-refractivity contribution is 6.42. The fourth-order valence-electron chi connectivity index (χ4n) is 2.18. The van der Waals surface area contributed by atoms with Gasteiger partial charge in [-0.15, -0.1) is 0 Å². The molecule has 1 rings (SSSR count). The molecular formula is C12H23BF2N2O2. The quantitative estimate of drug-likeness (QED) is 0.725. The van der Waals surface area contributed by atoms with E-state index in [1.54, 1.807) is 9.80 Å². The summed E-state index contributed by atoms with van der Waals surface area (Å²) in [7, 11) is -2.35. The van der Waals surface area contributed by atoms with Crippen molar-refractivity contribution in [3.63, 3.8) is 0 Å². The number of rotatable bonds is 2. The second-order valence-corrected chi connectivity index (χ2v) is 6.55. The number of nitrogens with zero attached hydrogens (tertiary/aromatic N) is 2. The van der Waals surface area contributed by atoms with Crippen LogP contribution in [-0.4, -0.2) is 60.4 Å². The molecule has 1 aliphatic rings. The van der Waals surface area contributed by atoms with Crippen molar-refractivity contribution in [3.05, 3.63) is 0 Å². The third-order valence-electron chi connectivity index (χ3n) is 3.08. The third-order valence-corrected chi connectivity index (χ3v) is 3.08. The molecule has 0 aliphatic carbocycles. The van der Waals surface area contributed by atoms with Crippen LogP contribution in [0, 0.1) is 0 Å². The Morgan fingerprint density at radius 3 is 2.32 bits per heavy atom. The van der Waals surface area contributed by atoms with E-state index >= 15 is 0 Å². The Labute approximate surface area is 114 Å². The van der Waals surface area contributed by atoms with Crippen molar-refractivity contribution in [1.82, 2.24) is 9.80 Å². The van der Waals surface area contributed by atoms with Gasteiger partial charge in [0, 0.05) is 31.6 Å². The van der Waals surface area contributed by atoms with Crippen molar-refractivity contribution in [3.8, 4) is 0 Å². The molecule has 0 spiro atoms. The molecule has 0 saturated carbocycles. The molecule has 0 N–H and O–H groups in total. The number of amides is 1. The summed E-state index contributed by atoms with van der Waals surface area (Å²) in [6.07, 6.45) is -0.632. The van der Waals surface area contributed by atoms with E-state index in [0.29, 0.717) is 19.6 Å². The normalized spacial score (nSPS) is 20.3. The van der Waals surface area contributed by atoms with Gasteiger partial charge in [-0.25, -0.2) is 4.79 Å². The Hall–Kier alpha value is -0.845. The fraction of sp³-hybridized carbons (Fsp3) is 0.917. The molecule has 1 heterocycles. The Balaban J connectivity index is 2.62. The summed E-state index contributed by atoms with van der Waals surface area (Å²) < 4.78 is 30.3. The molecular weight excluding hydrogens is 253 g/mol. The number of carbonyl (C=O) groups is 1. The SMILES string of the molecule is CC(C)(C)OC(=O)N1CCN(CB(F)F)C(C)(C)C1. The van der Waals surface area contributed by atoms with E-state index in [2.05, 4.69) is 0 Å². The van der Waals surface area contributed by atoms with E-state index in [9.17, 15) is 13.4 Å². The molecule has 0 bridgehead atoms. The number of piperazine rings is 1. The molecule has 19 heavy (non-hydrogen) atoms. The van der Waals surface area contributed by atoms with Gasteiger partial charge in [-0.1, -0.05) is 0 Å². The maximum Gasteiger partial charge on any atom is 0.551 e. The van der Waals surface area contributed by atoms with Crippen LogP contribution in [0.2, 0.25) is 0 Å². The predicted octanol–water partition coefficient (Wildman–Crippen LogP) is 2.28. The Morgan fingerprint density at radius 2 is 1.89 bits per heavy atom. The molecule has 4 nitrogen and oxygen atoms in total. The first-order valence-electron chi connectivity index (χ1n) is 6.52. The van der Waals surface area contributed by atoms with Gasteiger partial charge in [-0.3, -0.25) is 13.5 Å². The molecule has 0 aromatic heterocycles. The zero-order chi connectivity index (χ0) is 14.8. The molecule has 110 valence electrons. The second kappa shape index (κ2) is 5.65. The first-order chi connectivity index (χ1) is 8.51. The minimum Gasteiger partial charge on any atom is -0.444 e. The summed E-state index contributed by atoms with van der Waals surface area (Å²) in [5.74, 6) is 0. The topological polar surface area (TPSA) is 32.8 Å². The Kier molecular flexibility index (Phi) is 4.82. The molecule has 1 saturated heterocycles. The minimum atomic E-state index is -2.35. The van der Waals surface area contributed by atoms with Crippen LogP contribution >= 0.6 is 0 Å². The maximum absolute atomic E-state index is 12.5. The van der Waals surface area contributed by atoms with Crippen molar-refractivity contribution in [2.75, 3.05) is 26.1 Å². The van der Waals surface area contributed by atoms with Crippen molar-refractivity contribution in [1.29, 1.82) is 0 Å². The van der Waals surface area contributed by atoms with E-state index in [-0.39, 0.29) is 12.5 Å². The summed E-state index contributed by atoms with van der Waals surface area (Å²) >= 11 is 0. The van der Waals surface area contributed by atoms with Crippen molar-refractivity contribution in [2.24, 2.45) is 0 Å². The zero-order valence-electron chi connectivity index (χ0n) is 12.4. The summed E-state index contributed by atoms with van der Waals surface area (Å²) in [6, 6.07) is 0. The molecule has 7 heteroatoms. The average molecular weight is 276 g/mol.